The Morgan fingerprint density at radius 2 is 2.32 bits per heavy atom. The van der Waals surface area contributed by atoms with Crippen molar-refractivity contribution in [1.29, 1.82) is 0 Å². The molecule has 1 unspecified atom stereocenters. The van der Waals surface area contributed by atoms with E-state index in [4.69, 9.17) is 0 Å². The molecular formula is C14H24N4O. The molecule has 0 spiro atoms. The Morgan fingerprint density at radius 1 is 1.58 bits per heavy atom. The lowest BCUT2D eigenvalue weighted by Gasteiger charge is -2.39. The first-order chi connectivity index (χ1) is 8.96. The third-order valence-corrected chi connectivity index (χ3v) is 4.28. The summed E-state index contributed by atoms with van der Waals surface area (Å²) in [6.07, 6.45) is 3.97. The van der Waals surface area contributed by atoms with Gasteiger partial charge in [0.25, 0.3) is 0 Å². The maximum absolute atomic E-state index is 12.0. The van der Waals surface area contributed by atoms with Crippen LogP contribution in [0.15, 0.2) is 6.20 Å². The largest absolute Gasteiger partial charge is 0.359 e. The fourth-order valence-electron chi connectivity index (χ4n) is 2.91. The quantitative estimate of drug-likeness (QED) is 0.888. The smallest absolute Gasteiger partial charge is 0.226 e. The second-order valence-corrected chi connectivity index (χ2v) is 5.83. The number of hydrogen-bond acceptors (Lipinski definition) is 3. The topological polar surface area (TPSA) is 50.2 Å². The molecule has 0 radical (unpaired) electrons. The number of aryl methyl sites for hydroxylation is 1. The van der Waals surface area contributed by atoms with Gasteiger partial charge >= 0.3 is 0 Å². The average Bonchev–Trinajstić information content (AvgIpc) is 2.70. The summed E-state index contributed by atoms with van der Waals surface area (Å²) in [5.41, 5.74) is 2.19. The van der Waals surface area contributed by atoms with Crippen molar-refractivity contribution in [1.82, 2.24) is 20.0 Å². The highest BCUT2D eigenvalue weighted by molar-refractivity contribution is 5.82. The number of rotatable bonds is 3. The lowest BCUT2D eigenvalue weighted by molar-refractivity contribution is -0.132. The Kier molecular flexibility index (Phi) is 3.94. The first kappa shape index (κ1) is 14.1. The number of amides is 1. The molecule has 2 heterocycles. The summed E-state index contributed by atoms with van der Waals surface area (Å²) in [7, 11) is 3.68. The zero-order chi connectivity index (χ0) is 14.0. The molecule has 1 atom stereocenters. The summed E-state index contributed by atoms with van der Waals surface area (Å²) >= 11 is 0. The van der Waals surface area contributed by atoms with Gasteiger partial charge < -0.3 is 5.32 Å². The van der Waals surface area contributed by atoms with E-state index in [2.05, 4.69) is 29.2 Å². The van der Waals surface area contributed by atoms with E-state index in [0.29, 0.717) is 0 Å². The summed E-state index contributed by atoms with van der Waals surface area (Å²) in [5, 5.41) is 7.07. The van der Waals surface area contributed by atoms with E-state index < -0.39 is 0 Å². The summed E-state index contributed by atoms with van der Waals surface area (Å²) in [5.74, 6) is 0.153. The van der Waals surface area contributed by atoms with Crippen LogP contribution in [0.1, 0.15) is 31.0 Å². The van der Waals surface area contributed by atoms with Crippen molar-refractivity contribution >= 4 is 5.91 Å². The number of hydrogen-bond donors (Lipinski definition) is 1. The molecule has 1 aliphatic rings. The van der Waals surface area contributed by atoms with Crippen molar-refractivity contribution in [3.8, 4) is 0 Å². The van der Waals surface area contributed by atoms with Gasteiger partial charge in [0.1, 0.15) is 0 Å². The van der Waals surface area contributed by atoms with Crippen LogP contribution in [0.5, 0.6) is 0 Å². The first-order valence-corrected chi connectivity index (χ1v) is 6.88. The fourth-order valence-corrected chi connectivity index (χ4v) is 2.91. The lowest BCUT2D eigenvalue weighted by atomic mass is 9.81. The third-order valence-electron chi connectivity index (χ3n) is 4.28. The van der Waals surface area contributed by atoms with E-state index in [1.54, 1.807) is 7.05 Å². The minimum Gasteiger partial charge on any atom is -0.359 e. The van der Waals surface area contributed by atoms with Gasteiger partial charge in [-0.15, -0.1) is 0 Å². The Bertz CT molecular complexity index is 468. The van der Waals surface area contributed by atoms with Gasteiger partial charge in [-0.05, 0) is 33.2 Å². The van der Waals surface area contributed by atoms with Crippen molar-refractivity contribution in [3.05, 3.63) is 17.5 Å². The van der Waals surface area contributed by atoms with Crippen LogP contribution in [-0.4, -0.2) is 40.7 Å². The van der Waals surface area contributed by atoms with E-state index in [9.17, 15) is 4.79 Å². The van der Waals surface area contributed by atoms with Gasteiger partial charge in [-0.25, -0.2) is 0 Å². The molecule has 2 rings (SSSR count). The predicted octanol–water partition coefficient (Wildman–Crippen LogP) is 1.08. The number of likely N-dealkylation sites (tertiary alicyclic amines) is 1. The van der Waals surface area contributed by atoms with Gasteiger partial charge in [0.15, 0.2) is 0 Å². The maximum atomic E-state index is 12.0. The molecule has 106 valence electrons. The molecule has 5 nitrogen and oxygen atoms in total. The Morgan fingerprint density at radius 3 is 2.89 bits per heavy atom. The molecule has 0 saturated carbocycles. The molecule has 5 heteroatoms. The van der Waals surface area contributed by atoms with Gasteiger partial charge in [-0.1, -0.05) is 0 Å². The summed E-state index contributed by atoms with van der Waals surface area (Å²) in [6.45, 7) is 6.91. The van der Waals surface area contributed by atoms with Crippen LogP contribution in [0, 0.1) is 12.3 Å². The number of carbonyl (C=O) groups excluding carboxylic acids is 1. The number of nitrogens with one attached hydrogen (secondary N) is 1. The van der Waals surface area contributed by atoms with E-state index in [1.165, 1.54) is 11.3 Å². The minimum atomic E-state index is -0.261. The second-order valence-electron chi connectivity index (χ2n) is 5.83. The van der Waals surface area contributed by atoms with Gasteiger partial charge in [-0.2, -0.15) is 5.10 Å². The van der Waals surface area contributed by atoms with E-state index in [1.807, 2.05) is 17.9 Å². The molecule has 1 aromatic heterocycles. The summed E-state index contributed by atoms with van der Waals surface area (Å²) in [6, 6.07) is 0. The van der Waals surface area contributed by atoms with E-state index in [0.717, 1.165) is 32.5 Å². The molecule has 0 bridgehead atoms. The minimum absolute atomic E-state index is 0.153. The Hall–Kier alpha value is -1.36. The van der Waals surface area contributed by atoms with Crippen LogP contribution in [0.3, 0.4) is 0 Å². The summed E-state index contributed by atoms with van der Waals surface area (Å²) in [4.78, 5) is 14.4. The molecule has 19 heavy (non-hydrogen) atoms. The molecule has 1 amide bonds. The molecule has 1 N–H and O–H groups in total. The van der Waals surface area contributed by atoms with Crippen LogP contribution in [-0.2, 0) is 18.4 Å². The normalized spacial score (nSPS) is 24.4. The highest BCUT2D eigenvalue weighted by atomic mass is 16.2. The van der Waals surface area contributed by atoms with Crippen molar-refractivity contribution in [3.63, 3.8) is 0 Å². The van der Waals surface area contributed by atoms with Crippen LogP contribution < -0.4 is 5.32 Å². The highest BCUT2D eigenvalue weighted by Crippen LogP contribution is 2.30. The Labute approximate surface area is 115 Å². The second kappa shape index (κ2) is 5.33. The van der Waals surface area contributed by atoms with Gasteiger partial charge in [0, 0.05) is 38.4 Å². The number of nitrogens with zero attached hydrogens (tertiary/aromatic N) is 3. The zero-order valence-corrected chi connectivity index (χ0v) is 12.4. The van der Waals surface area contributed by atoms with Crippen LogP contribution in [0.25, 0.3) is 0 Å². The molecule has 1 fully saturated rings. The average molecular weight is 264 g/mol. The molecule has 1 aromatic rings. The van der Waals surface area contributed by atoms with Crippen LogP contribution in [0.4, 0.5) is 0 Å². The zero-order valence-electron chi connectivity index (χ0n) is 12.4. The van der Waals surface area contributed by atoms with E-state index in [-0.39, 0.29) is 11.3 Å². The predicted molar refractivity (Wildman–Crippen MR) is 74.6 cm³/mol. The third kappa shape index (κ3) is 2.81. The van der Waals surface area contributed by atoms with Crippen molar-refractivity contribution < 1.29 is 4.79 Å². The first-order valence-electron chi connectivity index (χ1n) is 6.88. The monoisotopic (exact) mass is 264 g/mol. The molecule has 0 aromatic carbocycles. The lowest BCUT2D eigenvalue weighted by Crippen LogP contribution is -2.49. The molecule has 1 aliphatic heterocycles. The number of aromatic nitrogens is 2. The van der Waals surface area contributed by atoms with Gasteiger partial charge in [0.2, 0.25) is 5.91 Å². The van der Waals surface area contributed by atoms with Gasteiger partial charge in [0.05, 0.1) is 11.6 Å². The van der Waals surface area contributed by atoms with Crippen LogP contribution in [0.2, 0.25) is 0 Å². The summed E-state index contributed by atoms with van der Waals surface area (Å²) < 4.78 is 1.90. The van der Waals surface area contributed by atoms with Crippen molar-refractivity contribution in [2.24, 2.45) is 12.5 Å². The molecule has 0 aliphatic carbocycles. The maximum Gasteiger partial charge on any atom is 0.226 e. The fraction of sp³-hybridized carbons (Fsp3) is 0.714. The standard InChI is InChI=1S/C14H24N4O/c1-11-12(8-16-17(11)4)9-18-7-5-6-14(2,10-18)13(19)15-3/h8H,5-7,9-10H2,1-4H3,(H,15,19). The van der Waals surface area contributed by atoms with E-state index >= 15 is 0 Å². The van der Waals surface area contributed by atoms with Gasteiger partial charge in [-0.3, -0.25) is 14.4 Å². The van der Waals surface area contributed by atoms with Crippen LogP contribution >= 0.6 is 0 Å². The van der Waals surface area contributed by atoms with Crippen molar-refractivity contribution in [2.45, 2.75) is 33.2 Å². The molecule has 1 saturated heterocycles. The number of piperidine rings is 1. The SMILES string of the molecule is CNC(=O)C1(C)CCCN(Cc2cnn(C)c2C)C1. The van der Waals surface area contributed by atoms with Crippen molar-refractivity contribution in [2.75, 3.05) is 20.1 Å². The molecular weight excluding hydrogens is 240 g/mol. The Balaban J connectivity index is 2.06. The number of carbonyl (C=O) groups is 1. The highest BCUT2D eigenvalue weighted by Gasteiger charge is 2.37.